The number of hydrogen-bond acceptors (Lipinski definition) is 1. The van der Waals surface area contributed by atoms with E-state index in [1.54, 1.807) is 0 Å². The van der Waals surface area contributed by atoms with Crippen LogP contribution >= 0.6 is 0 Å². The van der Waals surface area contributed by atoms with Crippen LogP contribution in [0.2, 0.25) is 0 Å². The van der Waals surface area contributed by atoms with Crippen LogP contribution in [-0.2, 0) is 4.74 Å². The van der Waals surface area contributed by atoms with Gasteiger partial charge in [-0.15, -0.1) is 0 Å². The molecular weight excluding hydrogens is 215 g/mol. The van der Waals surface area contributed by atoms with Crippen LogP contribution in [0.25, 0.3) is 0 Å². The molecule has 2 aliphatic rings. The van der Waals surface area contributed by atoms with Gasteiger partial charge in [-0.05, 0) is 12.8 Å². The summed E-state index contributed by atoms with van der Waals surface area (Å²) in [5, 5.41) is 0. The molecule has 0 unspecified atom stereocenters. The van der Waals surface area contributed by atoms with Crippen LogP contribution in [0.3, 0.4) is 0 Å². The van der Waals surface area contributed by atoms with Crippen molar-refractivity contribution in [2.24, 2.45) is 0 Å². The van der Waals surface area contributed by atoms with Gasteiger partial charge in [0.05, 0.1) is 0 Å². The molecule has 0 radical (unpaired) electrons. The summed E-state index contributed by atoms with van der Waals surface area (Å²) in [4.78, 5) is 0. The Bertz CT molecular complexity index is 219. The molecule has 2 atom stereocenters. The number of hydrogen-bond donors (Lipinski definition) is 0. The van der Waals surface area contributed by atoms with Gasteiger partial charge in [0, 0.05) is 6.42 Å². The van der Waals surface area contributed by atoms with E-state index in [1.807, 2.05) is 0 Å². The molecule has 2 rings (SSSR count). The van der Waals surface area contributed by atoms with Crippen molar-refractivity contribution in [3.05, 3.63) is 0 Å². The molecule has 2 heteroatoms. The van der Waals surface area contributed by atoms with Gasteiger partial charge in [0.1, 0.15) is 6.10 Å². The normalized spacial score (nSPS) is 37.6. The van der Waals surface area contributed by atoms with Crippen molar-refractivity contribution in [1.82, 2.24) is 0 Å². The molecular formula is C15H27FO. The molecule has 0 aromatic rings. The first kappa shape index (κ1) is 13.3. The molecule has 2 fully saturated rings. The van der Waals surface area contributed by atoms with Gasteiger partial charge in [0.2, 0.25) is 5.85 Å². The molecule has 100 valence electrons. The molecule has 0 spiro atoms. The van der Waals surface area contributed by atoms with Gasteiger partial charge in [-0.3, -0.25) is 0 Å². The Morgan fingerprint density at radius 1 is 0.706 bits per heavy atom. The first-order valence-corrected chi connectivity index (χ1v) is 7.68. The summed E-state index contributed by atoms with van der Waals surface area (Å²) >= 11 is 0. The maximum atomic E-state index is 14.0. The summed E-state index contributed by atoms with van der Waals surface area (Å²) in [6, 6.07) is 0. The average Bonchev–Trinajstić information content (AvgIpc) is 2.95. The summed E-state index contributed by atoms with van der Waals surface area (Å²) in [7, 11) is 0. The van der Waals surface area contributed by atoms with Crippen LogP contribution in [-0.4, -0.2) is 12.0 Å². The minimum Gasteiger partial charge on any atom is -0.334 e. The highest BCUT2D eigenvalue weighted by Crippen LogP contribution is 2.45. The van der Waals surface area contributed by atoms with E-state index in [0.29, 0.717) is 6.42 Å². The third-order valence-corrected chi connectivity index (χ3v) is 4.25. The van der Waals surface area contributed by atoms with Crippen LogP contribution in [0.1, 0.15) is 83.5 Å². The van der Waals surface area contributed by atoms with Gasteiger partial charge < -0.3 is 4.74 Å². The van der Waals surface area contributed by atoms with Crippen LogP contribution in [0, 0.1) is 0 Å². The van der Waals surface area contributed by atoms with E-state index in [2.05, 4.69) is 0 Å². The molecule has 0 amide bonds. The Labute approximate surface area is 105 Å². The lowest BCUT2D eigenvalue weighted by Crippen LogP contribution is -2.07. The Balaban J connectivity index is 1.68. The topological polar surface area (TPSA) is 12.5 Å². The van der Waals surface area contributed by atoms with Crippen LogP contribution in [0.5, 0.6) is 0 Å². The molecule has 1 saturated heterocycles. The predicted octanol–water partition coefficient (Wildman–Crippen LogP) is 5.14. The number of ether oxygens (including phenoxy) is 1. The molecule has 0 aromatic carbocycles. The van der Waals surface area contributed by atoms with Crippen molar-refractivity contribution in [3.63, 3.8) is 0 Å². The fourth-order valence-electron chi connectivity index (χ4n) is 2.98. The Morgan fingerprint density at radius 2 is 1.18 bits per heavy atom. The van der Waals surface area contributed by atoms with E-state index >= 15 is 0 Å². The second-order valence-electron chi connectivity index (χ2n) is 5.82. The monoisotopic (exact) mass is 242 g/mol. The molecule has 1 heterocycles. The van der Waals surface area contributed by atoms with Crippen molar-refractivity contribution in [2.75, 3.05) is 0 Å². The minimum atomic E-state index is -1.22. The van der Waals surface area contributed by atoms with Crippen LogP contribution < -0.4 is 0 Å². The smallest absolute Gasteiger partial charge is 0.236 e. The lowest BCUT2D eigenvalue weighted by molar-refractivity contribution is 0.126. The maximum absolute atomic E-state index is 14.0. The van der Waals surface area contributed by atoms with E-state index in [9.17, 15) is 4.39 Å². The Kier molecular flexibility index (Phi) is 5.27. The van der Waals surface area contributed by atoms with E-state index < -0.39 is 5.85 Å². The van der Waals surface area contributed by atoms with E-state index in [1.165, 1.54) is 57.8 Å². The summed E-state index contributed by atoms with van der Waals surface area (Å²) in [6.07, 6.45) is 15.6. The van der Waals surface area contributed by atoms with Crippen molar-refractivity contribution in [3.8, 4) is 0 Å². The van der Waals surface area contributed by atoms with Crippen molar-refractivity contribution < 1.29 is 9.13 Å². The Hall–Kier alpha value is -0.110. The minimum absolute atomic E-state index is 0.0624. The molecule has 0 bridgehead atoms. The number of halogens is 1. The zero-order valence-electron chi connectivity index (χ0n) is 11.1. The largest absolute Gasteiger partial charge is 0.334 e. The van der Waals surface area contributed by atoms with Gasteiger partial charge in [0.15, 0.2) is 0 Å². The second kappa shape index (κ2) is 6.72. The van der Waals surface area contributed by atoms with Crippen LogP contribution in [0.4, 0.5) is 4.39 Å². The zero-order valence-corrected chi connectivity index (χ0v) is 11.1. The van der Waals surface area contributed by atoms with Gasteiger partial charge in [-0.2, -0.15) is 0 Å². The first-order chi connectivity index (χ1) is 8.31. The van der Waals surface area contributed by atoms with Crippen molar-refractivity contribution in [2.45, 2.75) is 95.4 Å². The number of rotatable bonds is 0. The third kappa shape index (κ3) is 4.57. The summed E-state index contributed by atoms with van der Waals surface area (Å²) < 4.78 is 19.2. The fraction of sp³-hybridized carbons (Fsp3) is 1.00. The van der Waals surface area contributed by atoms with Gasteiger partial charge in [0.25, 0.3) is 0 Å². The van der Waals surface area contributed by atoms with Gasteiger partial charge in [-0.1, -0.05) is 64.2 Å². The van der Waals surface area contributed by atoms with Gasteiger partial charge >= 0.3 is 0 Å². The number of fused-ring (bicyclic) bond motifs is 1. The number of alkyl halides is 1. The number of epoxide rings is 1. The summed E-state index contributed by atoms with van der Waals surface area (Å²) in [5.74, 6) is -1.22. The molecule has 1 aliphatic heterocycles. The van der Waals surface area contributed by atoms with E-state index in [4.69, 9.17) is 4.74 Å². The van der Waals surface area contributed by atoms with Crippen LogP contribution in [0.15, 0.2) is 0 Å². The first-order valence-electron chi connectivity index (χ1n) is 7.68. The Morgan fingerprint density at radius 3 is 1.76 bits per heavy atom. The lowest BCUT2D eigenvalue weighted by atomic mass is 10.0. The van der Waals surface area contributed by atoms with Gasteiger partial charge in [-0.25, -0.2) is 4.39 Å². The third-order valence-electron chi connectivity index (χ3n) is 4.25. The highest BCUT2D eigenvalue weighted by molar-refractivity contribution is 4.93. The highest BCUT2D eigenvalue weighted by Gasteiger charge is 2.56. The molecule has 0 N–H and O–H groups in total. The standard InChI is InChI=1S/C15H27FO/c16-15-13-11-9-7-5-3-1-2-4-6-8-10-12-14(15)17-15/h14H,1-13H2/t14-,15+/m0/s1. The van der Waals surface area contributed by atoms with Crippen molar-refractivity contribution in [1.29, 1.82) is 0 Å². The fourth-order valence-corrected chi connectivity index (χ4v) is 2.98. The average molecular weight is 242 g/mol. The van der Waals surface area contributed by atoms with Crippen molar-refractivity contribution >= 4 is 0 Å². The summed E-state index contributed by atoms with van der Waals surface area (Å²) in [5.41, 5.74) is 0. The highest BCUT2D eigenvalue weighted by atomic mass is 19.2. The molecule has 17 heavy (non-hydrogen) atoms. The second-order valence-corrected chi connectivity index (χ2v) is 5.82. The summed E-state index contributed by atoms with van der Waals surface area (Å²) in [6.45, 7) is 0. The van der Waals surface area contributed by atoms with E-state index in [0.717, 1.165) is 19.3 Å². The molecule has 1 aliphatic carbocycles. The quantitative estimate of drug-likeness (QED) is 0.536. The maximum Gasteiger partial charge on any atom is 0.236 e. The molecule has 1 saturated carbocycles. The van der Waals surface area contributed by atoms with E-state index in [-0.39, 0.29) is 6.10 Å². The lowest BCUT2D eigenvalue weighted by Gasteiger charge is -2.03. The zero-order chi connectivity index (χ0) is 12.0. The predicted molar refractivity (Wildman–Crippen MR) is 68.7 cm³/mol. The molecule has 1 nitrogen and oxygen atoms in total. The SMILES string of the molecule is F[C@@]12CCCCCCCCCCCCC[C@@H]1O2. The molecule has 0 aromatic heterocycles.